The van der Waals surface area contributed by atoms with Crippen LogP contribution in [0.4, 0.5) is 0 Å². The maximum atomic E-state index is 10.9. The summed E-state index contributed by atoms with van der Waals surface area (Å²) in [6.07, 6.45) is 2.42. The molecule has 0 spiro atoms. The summed E-state index contributed by atoms with van der Waals surface area (Å²) in [5, 5.41) is 8.98. The van der Waals surface area contributed by atoms with Crippen LogP contribution in [0.3, 0.4) is 0 Å². The van der Waals surface area contributed by atoms with Crippen LogP contribution in [0.1, 0.15) is 13.3 Å². The van der Waals surface area contributed by atoms with Gasteiger partial charge in [-0.25, -0.2) is 0 Å². The Kier molecular flexibility index (Phi) is 7.95. The molecule has 0 aliphatic carbocycles. The van der Waals surface area contributed by atoms with Crippen LogP contribution in [-0.2, 0) is 14.3 Å². The maximum Gasteiger partial charge on any atom is 0.309 e. The van der Waals surface area contributed by atoms with E-state index in [1.807, 2.05) is 6.92 Å². The van der Waals surface area contributed by atoms with Crippen LogP contribution in [0.25, 0.3) is 0 Å². The zero-order chi connectivity index (χ0) is 11.7. The first kappa shape index (κ1) is 14.1. The molecule has 0 amide bonds. The molecule has 0 aliphatic heterocycles. The zero-order valence-electron chi connectivity index (χ0n) is 9.44. The number of aliphatic carboxylic acids is 1. The van der Waals surface area contributed by atoms with Crippen molar-refractivity contribution in [3.8, 4) is 0 Å². The fourth-order valence-corrected chi connectivity index (χ4v) is 1.26. The van der Waals surface area contributed by atoms with Crippen molar-refractivity contribution in [1.82, 2.24) is 0 Å². The van der Waals surface area contributed by atoms with Gasteiger partial charge in [0.2, 0.25) is 0 Å². The van der Waals surface area contributed by atoms with Gasteiger partial charge in [0.15, 0.2) is 0 Å². The number of rotatable bonds is 9. The summed E-state index contributed by atoms with van der Waals surface area (Å²) in [5.41, 5.74) is 0. The van der Waals surface area contributed by atoms with E-state index >= 15 is 0 Å². The second-order valence-corrected chi connectivity index (χ2v) is 3.51. The van der Waals surface area contributed by atoms with Crippen LogP contribution >= 0.6 is 0 Å². The third kappa shape index (κ3) is 6.25. The number of carboxylic acids is 1. The molecule has 0 aromatic heterocycles. The first-order valence-electron chi connectivity index (χ1n) is 5.03. The Hall–Kier alpha value is -0.870. The van der Waals surface area contributed by atoms with E-state index in [4.69, 9.17) is 14.6 Å². The van der Waals surface area contributed by atoms with Crippen LogP contribution < -0.4 is 0 Å². The van der Waals surface area contributed by atoms with Gasteiger partial charge in [-0.05, 0) is 12.3 Å². The average Bonchev–Trinajstić information content (AvgIpc) is 2.17. The molecule has 4 nitrogen and oxygen atoms in total. The van der Waals surface area contributed by atoms with Gasteiger partial charge in [0, 0.05) is 7.11 Å². The van der Waals surface area contributed by atoms with Crippen LogP contribution in [0.2, 0.25) is 0 Å². The third-order valence-electron chi connectivity index (χ3n) is 2.27. The van der Waals surface area contributed by atoms with Crippen LogP contribution in [0.15, 0.2) is 12.7 Å². The molecule has 0 aromatic rings. The van der Waals surface area contributed by atoms with Crippen LogP contribution in [-0.4, -0.2) is 38.0 Å². The molecule has 88 valence electrons. The molecular weight excluding hydrogens is 196 g/mol. The zero-order valence-corrected chi connectivity index (χ0v) is 9.44. The number of hydrogen-bond acceptors (Lipinski definition) is 3. The Bertz CT molecular complexity index is 191. The monoisotopic (exact) mass is 216 g/mol. The topological polar surface area (TPSA) is 55.8 Å². The van der Waals surface area contributed by atoms with E-state index in [-0.39, 0.29) is 12.5 Å². The van der Waals surface area contributed by atoms with Crippen molar-refractivity contribution < 1.29 is 19.4 Å². The van der Waals surface area contributed by atoms with Gasteiger partial charge in [-0.3, -0.25) is 4.79 Å². The van der Waals surface area contributed by atoms with E-state index in [1.54, 1.807) is 13.2 Å². The van der Waals surface area contributed by atoms with Crippen molar-refractivity contribution in [1.29, 1.82) is 0 Å². The SMILES string of the molecule is C=CC[C@H](C)[C@@H](COCCOC)C(=O)O. The van der Waals surface area contributed by atoms with E-state index in [2.05, 4.69) is 6.58 Å². The minimum absolute atomic E-state index is 0.0440. The van der Waals surface area contributed by atoms with Crippen molar-refractivity contribution in [3.05, 3.63) is 12.7 Å². The van der Waals surface area contributed by atoms with Crippen LogP contribution in [0, 0.1) is 11.8 Å². The van der Waals surface area contributed by atoms with Gasteiger partial charge in [0.05, 0.1) is 25.7 Å². The summed E-state index contributed by atoms with van der Waals surface area (Å²) in [6.45, 7) is 6.64. The molecule has 0 aromatic carbocycles. The molecular formula is C11H20O4. The van der Waals surface area contributed by atoms with Crippen molar-refractivity contribution in [3.63, 3.8) is 0 Å². The molecule has 0 unspecified atom stereocenters. The number of carboxylic acid groups (broad SMARTS) is 1. The Morgan fingerprint density at radius 1 is 1.53 bits per heavy atom. The molecule has 4 heteroatoms. The van der Waals surface area contributed by atoms with Gasteiger partial charge >= 0.3 is 5.97 Å². The van der Waals surface area contributed by atoms with Gasteiger partial charge in [0.25, 0.3) is 0 Å². The Morgan fingerprint density at radius 3 is 2.67 bits per heavy atom. The molecule has 0 heterocycles. The Labute approximate surface area is 90.9 Å². The predicted molar refractivity (Wildman–Crippen MR) is 57.8 cm³/mol. The number of methoxy groups -OCH3 is 1. The van der Waals surface area contributed by atoms with E-state index in [0.717, 1.165) is 0 Å². The molecule has 15 heavy (non-hydrogen) atoms. The molecule has 0 fully saturated rings. The summed E-state index contributed by atoms with van der Waals surface area (Å²) in [6, 6.07) is 0. The first-order chi connectivity index (χ1) is 7.13. The van der Waals surface area contributed by atoms with E-state index < -0.39 is 11.9 Å². The minimum Gasteiger partial charge on any atom is -0.481 e. The lowest BCUT2D eigenvalue weighted by atomic mass is 9.92. The summed E-state index contributed by atoms with van der Waals surface area (Å²) < 4.78 is 10.0. The molecule has 0 rings (SSSR count). The molecule has 0 saturated carbocycles. The number of ether oxygens (including phenoxy) is 2. The van der Waals surface area contributed by atoms with Gasteiger partial charge < -0.3 is 14.6 Å². The molecule has 1 N–H and O–H groups in total. The lowest BCUT2D eigenvalue weighted by Gasteiger charge is -2.18. The number of carbonyl (C=O) groups is 1. The van der Waals surface area contributed by atoms with Gasteiger partial charge in [-0.2, -0.15) is 0 Å². The molecule has 0 aliphatic rings. The van der Waals surface area contributed by atoms with Crippen molar-refractivity contribution in [2.75, 3.05) is 26.9 Å². The minimum atomic E-state index is -0.818. The lowest BCUT2D eigenvalue weighted by molar-refractivity contribution is -0.146. The fourth-order valence-electron chi connectivity index (χ4n) is 1.26. The highest BCUT2D eigenvalue weighted by Crippen LogP contribution is 2.16. The summed E-state index contributed by atoms with van der Waals surface area (Å²) in [4.78, 5) is 10.9. The molecule has 2 atom stereocenters. The molecule has 0 radical (unpaired) electrons. The quantitative estimate of drug-likeness (QED) is 0.469. The number of allylic oxidation sites excluding steroid dienone is 1. The summed E-state index contributed by atoms with van der Waals surface area (Å²) >= 11 is 0. The molecule has 0 saturated heterocycles. The number of hydrogen-bond donors (Lipinski definition) is 1. The smallest absolute Gasteiger partial charge is 0.309 e. The predicted octanol–water partition coefficient (Wildman–Crippen LogP) is 1.56. The third-order valence-corrected chi connectivity index (χ3v) is 2.27. The summed E-state index contributed by atoms with van der Waals surface area (Å²) in [5.74, 6) is -1.25. The standard InChI is InChI=1S/C11H20O4/c1-4-5-9(2)10(11(12)13)8-15-7-6-14-3/h4,9-10H,1,5-8H2,2-3H3,(H,12,13)/t9-,10+/m0/s1. The highest BCUT2D eigenvalue weighted by atomic mass is 16.5. The van der Waals surface area contributed by atoms with Crippen molar-refractivity contribution in [2.45, 2.75) is 13.3 Å². The van der Waals surface area contributed by atoms with Gasteiger partial charge in [0.1, 0.15) is 0 Å². The lowest BCUT2D eigenvalue weighted by Crippen LogP contribution is -2.27. The second kappa shape index (κ2) is 8.44. The maximum absolute atomic E-state index is 10.9. The van der Waals surface area contributed by atoms with Crippen molar-refractivity contribution in [2.24, 2.45) is 11.8 Å². The Morgan fingerprint density at radius 2 is 2.20 bits per heavy atom. The largest absolute Gasteiger partial charge is 0.481 e. The fraction of sp³-hybridized carbons (Fsp3) is 0.727. The van der Waals surface area contributed by atoms with Crippen LogP contribution in [0.5, 0.6) is 0 Å². The van der Waals surface area contributed by atoms with E-state index in [0.29, 0.717) is 19.6 Å². The van der Waals surface area contributed by atoms with E-state index in [9.17, 15) is 4.79 Å². The second-order valence-electron chi connectivity index (χ2n) is 3.51. The highest BCUT2D eigenvalue weighted by molar-refractivity contribution is 5.70. The summed E-state index contributed by atoms with van der Waals surface area (Å²) in [7, 11) is 1.58. The van der Waals surface area contributed by atoms with Gasteiger partial charge in [-0.15, -0.1) is 6.58 Å². The van der Waals surface area contributed by atoms with E-state index in [1.165, 1.54) is 0 Å². The Balaban J connectivity index is 3.93. The van der Waals surface area contributed by atoms with Crippen molar-refractivity contribution >= 4 is 5.97 Å². The molecule has 0 bridgehead atoms. The normalized spacial score (nSPS) is 14.5. The highest BCUT2D eigenvalue weighted by Gasteiger charge is 2.23. The first-order valence-corrected chi connectivity index (χ1v) is 5.03. The van der Waals surface area contributed by atoms with Gasteiger partial charge in [-0.1, -0.05) is 13.0 Å². The average molecular weight is 216 g/mol.